The molecule has 0 aliphatic rings. The molecule has 0 aliphatic heterocycles. The molecule has 0 heterocycles. The summed E-state index contributed by atoms with van der Waals surface area (Å²) in [6, 6.07) is -0.184. The summed E-state index contributed by atoms with van der Waals surface area (Å²) in [4.78, 5) is 22.2. The van der Waals surface area contributed by atoms with Gasteiger partial charge >= 0.3 is 12.2 Å². The van der Waals surface area contributed by atoms with Crippen molar-refractivity contribution in [1.82, 2.24) is 5.32 Å². The van der Waals surface area contributed by atoms with Gasteiger partial charge in [-0.3, -0.25) is 0 Å². The summed E-state index contributed by atoms with van der Waals surface area (Å²) < 4.78 is 14.3. The standard InChI is InChI=1S/C15H28ClNO5/c1-15(2,3)22-13(18)17-10-8-6-4-5-7-9-11-20-14(19)21-12-16/h4-12H2,1-3H3,(H,17,18). The first kappa shape index (κ1) is 20.8. The molecule has 0 atom stereocenters. The SMILES string of the molecule is CC(C)(C)OC(=O)NCCCCCCCCOC(=O)OCCl. The Labute approximate surface area is 137 Å². The molecular formula is C15H28ClNO5. The van der Waals surface area contributed by atoms with E-state index in [1.54, 1.807) is 0 Å². The largest absolute Gasteiger partial charge is 0.509 e. The highest BCUT2D eigenvalue weighted by molar-refractivity contribution is 6.17. The zero-order chi connectivity index (χ0) is 16.8. The van der Waals surface area contributed by atoms with Gasteiger partial charge in [0.25, 0.3) is 0 Å². The number of nitrogens with one attached hydrogen (secondary N) is 1. The van der Waals surface area contributed by atoms with Gasteiger partial charge in [0.15, 0.2) is 6.07 Å². The molecule has 130 valence electrons. The summed E-state index contributed by atoms with van der Waals surface area (Å²) in [6.07, 6.45) is 4.85. The van der Waals surface area contributed by atoms with E-state index in [-0.39, 0.29) is 12.2 Å². The summed E-state index contributed by atoms with van der Waals surface area (Å²) in [5.74, 6) is 0. The highest BCUT2D eigenvalue weighted by Gasteiger charge is 2.15. The third kappa shape index (κ3) is 15.2. The minimum Gasteiger partial charge on any atom is -0.444 e. The second-order valence-corrected chi connectivity index (χ2v) is 6.12. The number of alkyl halides is 1. The van der Waals surface area contributed by atoms with Crippen LogP contribution in [0.3, 0.4) is 0 Å². The second-order valence-electron chi connectivity index (χ2n) is 5.90. The molecule has 0 aromatic heterocycles. The van der Waals surface area contributed by atoms with Crippen molar-refractivity contribution >= 4 is 23.8 Å². The average molecular weight is 338 g/mol. The number of halogens is 1. The highest BCUT2D eigenvalue weighted by Crippen LogP contribution is 2.07. The monoisotopic (exact) mass is 337 g/mol. The molecule has 1 N–H and O–H groups in total. The van der Waals surface area contributed by atoms with Crippen molar-refractivity contribution in [1.29, 1.82) is 0 Å². The van der Waals surface area contributed by atoms with Gasteiger partial charge in [0.1, 0.15) is 5.60 Å². The molecule has 0 spiro atoms. The smallest absolute Gasteiger partial charge is 0.444 e. The maximum atomic E-state index is 11.4. The van der Waals surface area contributed by atoms with Crippen molar-refractivity contribution in [2.45, 2.75) is 64.9 Å². The van der Waals surface area contributed by atoms with Crippen LogP contribution in [0.2, 0.25) is 0 Å². The molecule has 0 unspecified atom stereocenters. The van der Waals surface area contributed by atoms with Crippen molar-refractivity contribution in [3.05, 3.63) is 0 Å². The average Bonchev–Trinajstić information content (AvgIpc) is 2.39. The van der Waals surface area contributed by atoms with Crippen LogP contribution in [0.4, 0.5) is 9.59 Å². The number of ether oxygens (including phenoxy) is 3. The molecule has 1 amide bonds. The Morgan fingerprint density at radius 2 is 1.55 bits per heavy atom. The number of amides is 1. The Morgan fingerprint density at radius 1 is 0.955 bits per heavy atom. The first-order valence-corrected chi connectivity index (χ1v) is 8.21. The van der Waals surface area contributed by atoms with Crippen molar-refractivity contribution in [3.8, 4) is 0 Å². The number of rotatable bonds is 10. The van der Waals surface area contributed by atoms with Crippen LogP contribution in [-0.2, 0) is 14.2 Å². The quantitative estimate of drug-likeness (QED) is 0.367. The van der Waals surface area contributed by atoms with Gasteiger partial charge in [-0.2, -0.15) is 0 Å². The van der Waals surface area contributed by atoms with Gasteiger partial charge in [-0.25, -0.2) is 9.59 Å². The number of carbonyl (C=O) groups is 2. The zero-order valence-corrected chi connectivity index (χ0v) is 14.5. The van der Waals surface area contributed by atoms with E-state index in [1.165, 1.54) is 0 Å². The second kappa shape index (κ2) is 12.4. The predicted octanol–water partition coefficient (Wildman–Crippen LogP) is 4.20. The van der Waals surface area contributed by atoms with E-state index in [2.05, 4.69) is 10.1 Å². The van der Waals surface area contributed by atoms with Crippen LogP contribution in [0, 0.1) is 0 Å². The Kier molecular flexibility index (Phi) is 11.7. The van der Waals surface area contributed by atoms with Gasteiger partial charge in [0.2, 0.25) is 0 Å². The Hall–Kier alpha value is -1.17. The zero-order valence-electron chi connectivity index (χ0n) is 13.8. The lowest BCUT2D eigenvalue weighted by atomic mass is 10.1. The third-order valence-electron chi connectivity index (χ3n) is 2.63. The van der Waals surface area contributed by atoms with Crippen LogP contribution in [0.5, 0.6) is 0 Å². The van der Waals surface area contributed by atoms with Gasteiger partial charge in [0, 0.05) is 6.54 Å². The fraction of sp³-hybridized carbons (Fsp3) is 0.867. The van der Waals surface area contributed by atoms with Crippen LogP contribution in [0.1, 0.15) is 59.3 Å². The lowest BCUT2D eigenvalue weighted by molar-refractivity contribution is 0.0526. The van der Waals surface area contributed by atoms with Crippen LogP contribution < -0.4 is 5.32 Å². The van der Waals surface area contributed by atoms with Crippen LogP contribution in [-0.4, -0.2) is 37.1 Å². The summed E-state index contributed by atoms with van der Waals surface area (Å²) in [7, 11) is 0. The molecule has 0 radical (unpaired) electrons. The van der Waals surface area contributed by atoms with Gasteiger partial charge in [-0.15, -0.1) is 0 Å². The van der Waals surface area contributed by atoms with Crippen LogP contribution >= 0.6 is 11.6 Å². The van der Waals surface area contributed by atoms with Crippen LogP contribution in [0.15, 0.2) is 0 Å². The summed E-state index contributed by atoms with van der Waals surface area (Å²) in [5.41, 5.74) is -0.456. The number of unbranched alkanes of at least 4 members (excludes halogenated alkanes) is 5. The summed E-state index contributed by atoms with van der Waals surface area (Å²) >= 11 is 5.21. The fourth-order valence-corrected chi connectivity index (χ4v) is 1.77. The molecule has 0 aromatic rings. The molecule has 0 aliphatic carbocycles. The Balaban J connectivity index is 3.27. The molecular weight excluding hydrogens is 310 g/mol. The summed E-state index contributed by atoms with van der Waals surface area (Å²) in [6.45, 7) is 6.50. The normalized spacial score (nSPS) is 10.9. The van der Waals surface area contributed by atoms with Crippen molar-refractivity contribution < 1.29 is 23.8 Å². The lowest BCUT2D eigenvalue weighted by Gasteiger charge is -2.19. The molecule has 0 bridgehead atoms. The van der Waals surface area contributed by atoms with Crippen molar-refractivity contribution in [3.63, 3.8) is 0 Å². The molecule has 0 fully saturated rings. The van der Waals surface area contributed by atoms with E-state index in [1.807, 2.05) is 20.8 Å². The van der Waals surface area contributed by atoms with Gasteiger partial charge in [-0.05, 0) is 33.6 Å². The molecule has 6 nitrogen and oxygen atoms in total. The molecule has 0 saturated carbocycles. The summed E-state index contributed by atoms with van der Waals surface area (Å²) in [5, 5.41) is 2.73. The Bertz CT molecular complexity index is 318. The maximum Gasteiger partial charge on any atom is 0.509 e. The molecule has 0 aromatic carbocycles. The van der Waals surface area contributed by atoms with E-state index in [9.17, 15) is 9.59 Å². The van der Waals surface area contributed by atoms with E-state index < -0.39 is 11.8 Å². The topological polar surface area (TPSA) is 73.9 Å². The number of alkyl carbamates (subject to hydrolysis) is 1. The molecule has 0 saturated heterocycles. The van der Waals surface area contributed by atoms with Gasteiger partial charge < -0.3 is 19.5 Å². The number of hydrogen-bond acceptors (Lipinski definition) is 5. The number of carbonyl (C=O) groups excluding carboxylic acids is 2. The third-order valence-corrected chi connectivity index (χ3v) is 2.74. The maximum absolute atomic E-state index is 11.4. The van der Waals surface area contributed by atoms with E-state index in [0.717, 1.165) is 38.5 Å². The fourth-order valence-electron chi connectivity index (χ4n) is 1.68. The van der Waals surface area contributed by atoms with E-state index >= 15 is 0 Å². The van der Waals surface area contributed by atoms with Crippen LogP contribution in [0.25, 0.3) is 0 Å². The predicted molar refractivity (Wildman–Crippen MR) is 85.1 cm³/mol. The minimum atomic E-state index is -0.719. The minimum absolute atomic E-state index is 0.184. The molecule has 7 heteroatoms. The molecule has 0 rings (SSSR count). The van der Waals surface area contributed by atoms with Crippen molar-refractivity contribution in [2.75, 3.05) is 19.2 Å². The van der Waals surface area contributed by atoms with Gasteiger partial charge in [0.05, 0.1) is 6.61 Å². The van der Waals surface area contributed by atoms with E-state index in [0.29, 0.717) is 13.2 Å². The highest BCUT2D eigenvalue weighted by atomic mass is 35.5. The molecule has 22 heavy (non-hydrogen) atoms. The Morgan fingerprint density at radius 3 is 2.14 bits per heavy atom. The van der Waals surface area contributed by atoms with Gasteiger partial charge in [-0.1, -0.05) is 37.3 Å². The first-order chi connectivity index (χ1) is 10.3. The van der Waals surface area contributed by atoms with E-state index in [4.69, 9.17) is 21.1 Å². The van der Waals surface area contributed by atoms with Crippen molar-refractivity contribution in [2.24, 2.45) is 0 Å². The number of hydrogen-bond donors (Lipinski definition) is 1. The lowest BCUT2D eigenvalue weighted by Crippen LogP contribution is -2.32. The first-order valence-electron chi connectivity index (χ1n) is 7.67.